The highest BCUT2D eigenvalue weighted by atomic mass is 35.5. The van der Waals surface area contributed by atoms with E-state index in [9.17, 15) is 9.59 Å². The fourth-order valence-electron chi connectivity index (χ4n) is 0.978. The van der Waals surface area contributed by atoms with Crippen LogP contribution in [0.5, 0.6) is 0 Å². The largest absolute Gasteiger partial charge is 0.458 e. The van der Waals surface area contributed by atoms with Crippen LogP contribution >= 0.6 is 11.6 Å². The van der Waals surface area contributed by atoms with Gasteiger partial charge in [0.25, 0.3) is 0 Å². The van der Waals surface area contributed by atoms with Crippen LogP contribution in [0.1, 0.15) is 12.5 Å². The molecule has 4 nitrogen and oxygen atoms in total. The normalized spacial score (nSPS) is 9.62. The van der Waals surface area contributed by atoms with Gasteiger partial charge in [0.15, 0.2) is 0 Å². The molecule has 0 saturated carbocycles. The molecule has 0 aromatic heterocycles. The van der Waals surface area contributed by atoms with Crippen LogP contribution in [0.2, 0.25) is 5.02 Å². The van der Waals surface area contributed by atoms with Crippen molar-refractivity contribution >= 4 is 23.5 Å². The highest BCUT2D eigenvalue weighted by Crippen LogP contribution is 2.10. The zero-order chi connectivity index (χ0) is 12.0. The maximum Gasteiger partial charge on any atom is 0.417 e. The van der Waals surface area contributed by atoms with Gasteiger partial charge in [0, 0.05) is 5.02 Å². The molecule has 0 atom stereocenters. The third kappa shape index (κ3) is 3.90. The molecule has 0 aliphatic rings. The SMILES string of the molecule is CCOC(=O)C(=O)OCc1ccc(Cl)cc1. The van der Waals surface area contributed by atoms with E-state index in [0.29, 0.717) is 5.02 Å². The number of ether oxygens (including phenoxy) is 2. The number of carbonyl (C=O) groups excluding carboxylic acids is 2. The minimum atomic E-state index is -0.989. The highest BCUT2D eigenvalue weighted by Gasteiger charge is 2.16. The Morgan fingerprint density at radius 3 is 2.25 bits per heavy atom. The lowest BCUT2D eigenvalue weighted by atomic mass is 10.2. The number of hydrogen-bond acceptors (Lipinski definition) is 4. The molecule has 5 heteroatoms. The Hall–Kier alpha value is -1.55. The Morgan fingerprint density at radius 2 is 1.69 bits per heavy atom. The number of halogens is 1. The summed E-state index contributed by atoms with van der Waals surface area (Å²) in [5, 5.41) is 0.598. The van der Waals surface area contributed by atoms with Gasteiger partial charge in [-0.05, 0) is 24.6 Å². The number of benzene rings is 1. The molecule has 0 bridgehead atoms. The van der Waals surface area contributed by atoms with Gasteiger partial charge in [-0.25, -0.2) is 9.59 Å². The van der Waals surface area contributed by atoms with E-state index in [1.54, 1.807) is 31.2 Å². The predicted octanol–water partition coefficient (Wildman–Crippen LogP) is 1.95. The van der Waals surface area contributed by atoms with Crippen LogP contribution in [-0.2, 0) is 25.7 Å². The first-order valence-corrected chi connectivity index (χ1v) is 5.09. The minimum Gasteiger partial charge on any atom is -0.458 e. The Balaban J connectivity index is 2.42. The molecule has 0 spiro atoms. The van der Waals surface area contributed by atoms with Crippen LogP contribution < -0.4 is 0 Å². The van der Waals surface area contributed by atoms with E-state index in [-0.39, 0.29) is 13.2 Å². The molecule has 0 N–H and O–H groups in total. The smallest absolute Gasteiger partial charge is 0.417 e. The third-order valence-corrected chi connectivity index (χ3v) is 1.98. The van der Waals surface area contributed by atoms with Gasteiger partial charge >= 0.3 is 11.9 Å². The molecule has 0 aliphatic heterocycles. The van der Waals surface area contributed by atoms with Gasteiger partial charge in [-0.3, -0.25) is 0 Å². The Labute approximate surface area is 98.1 Å². The Kier molecular flexibility index (Phi) is 4.79. The zero-order valence-corrected chi connectivity index (χ0v) is 9.49. The van der Waals surface area contributed by atoms with Crippen molar-refractivity contribution in [2.75, 3.05) is 6.61 Å². The van der Waals surface area contributed by atoms with Crippen LogP contribution in [0.3, 0.4) is 0 Å². The maximum absolute atomic E-state index is 11.1. The molecule has 0 unspecified atom stereocenters. The van der Waals surface area contributed by atoms with E-state index >= 15 is 0 Å². The third-order valence-electron chi connectivity index (χ3n) is 1.73. The van der Waals surface area contributed by atoms with Crippen molar-refractivity contribution in [1.29, 1.82) is 0 Å². The molecular formula is C11H11ClO4. The second-order valence-corrected chi connectivity index (χ2v) is 3.36. The van der Waals surface area contributed by atoms with E-state index in [1.807, 2.05) is 0 Å². The Bertz CT molecular complexity index is 372. The van der Waals surface area contributed by atoms with Crippen molar-refractivity contribution in [3.8, 4) is 0 Å². The number of rotatable bonds is 3. The summed E-state index contributed by atoms with van der Waals surface area (Å²) in [6, 6.07) is 6.77. The summed E-state index contributed by atoms with van der Waals surface area (Å²) in [6.07, 6.45) is 0. The van der Waals surface area contributed by atoms with E-state index in [1.165, 1.54) is 0 Å². The average Bonchev–Trinajstić information content (AvgIpc) is 2.28. The van der Waals surface area contributed by atoms with Crippen molar-refractivity contribution in [1.82, 2.24) is 0 Å². The summed E-state index contributed by atoms with van der Waals surface area (Å²) < 4.78 is 9.20. The molecular weight excluding hydrogens is 232 g/mol. The molecule has 1 aromatic carbocycles. The lowest BCUT2D eigenvalue weighted by molar-refractivity contribution is -0.168. The van der Waals surface area contributed by atoms with Gasteiger partial charge in [-0.15, -0.1) is 0 Å². The fourth-order valence-corrected chi connectivity index (χ4v) is 1.10. The molecule has 1 aromatic rings. The minimum absolute atomic E-state index is 0.0226. The average molecular weight is 243 g/mol. The van der Waals surface area contributed by atoms with E-state index in [4.69, 9.17) is 16.3 Å². The molecule has 0 heterocycles. The molecule has 16 heavy (non-hydrogen) atoms. The van der Waals surface area contributed by atoms with Crippen molar-refractivity contribution in [3.63, 3.8) is 0 Å². The maximum atomic E-state index is 11.1. The molecule has 0 saturated heterocycles. The number of carbonyl (C=O) groups is 2. The van der Waals surface area contributed by atoms with Crippen molar-refractivity contribution in [2.24, 2.45) is 0 Å². The van der Waals surface area contributed by atoms with Crippen molar-refractivity contribution in [3.05, 3.63) is 34.9 Å². The summed E-state index contributed by atoms with van der Waals surface area (Å²) in [5.41, 5.74) is 0.752. The van der Waals surface area contributed by atoms with Crippen LogP contribution in [0.15, 0.2) is 24.3 Å². The zero-order valence-electron chi connectivity index (χ0n) is 8.73. The first-order chi connectivity index (χ1) is 7.63. The molecule has 86 valence electrons. The lowest BCUT2D eigenvalue weighted by Gasteiger charge is -2.04. The first kappa shape index (κ1) is 12.5. The van der Waals surface area contributed by atoms with E-state index in [2.05, 4.69) is 4.74 Å². The number of hydrogen-bond donors (Lipinski definition) is 0. The second kappa shape index (κ2) is 6.12. The van der Waals surface area contributed by atoms with Crippen LogP contribution in [-0.4, -0.2) is 18.5 Å². The summed E-state index contributed by atoms with van der Waals surface area (Å²) in [4.78, 5) is 22.0. The molecule has 0 radical (unpaired) electrons. The molecule has 0 aliphatic carbocycles. The quantitative estimate of drug-likeness (QED) is 0.601. The van der Waals surface area contributed by atoms with E-state index < -0.39 is 11.9 Å². The summed E-state index contributed by atoms with van der Waals surface area (Å²) in [7, 11) is 0. The number of esters is 2. The first-order valence-electron chi connectivity index (χ1n) is 4.71. The van der Waals surface area contributed by atoms with Crippen LogP contribution in [0.25, 0.3) is 0 Å². The van der Waals surface area contributed by atoms with E-state index in [0.717, 1.165) is 5.56 Å². The van der Waals surface area contributed by atoms with Gasteiger partial charge in [0.05, 0.1) is 6.61 Å². The van der Waals surface area contributed by atoms with Gasteiger partial charge in [0.2, 0.25) is 0 Å². The van der Waals surface area contributed by atoms with Crippen molar-refractivity contribution < 1.29 is 19.1 Å². The van der Waals surface area contributed by atoms with Gasteiger partial charge < -0.3 is 9.47 Å². The van der Waals surface area contributed by atoms with Gasteiger partial charge in [-0.2, -0.15) is 0 Å². The van der Waals surface area contributed by atoms with Crippen LogP contribution in [0, 0.1) is 0 Å². The monoisotopic (exact) mass is 242 g/mol. The standard InChI is InChI=1S/C11H11ClO4/c1-2-15-10(13)11(14)16-7-8-3-5-9(12)6-4-8/h3-6H,2,7H2,1H3. The molecule has 1 rings (SSSR count). The summed E-state index contributed by atoms with van der Waals surface area (Å²) >= 11 is 5.68. The van der Waals surface area contributed by atoms with Gasteiger partial charge in [0.1, 0.15) is 6.61 Å². The summed E-state index contributed by atoms with van der Waals surface area (Å²) in [5.74, 6) is -1.96. The molecule has 0 amide bonds. The second-order valence-electron chi connectivity index (χ2n) is 2.92. The Morgan fingerprint density at radius 1 is 1.12 bits per heavy atom. The van der Waals surface area contributed by atoms with Crippen molar-refractivity contribution in [2.45, 2.75) is 13.5 Å². The fraction of sp³-hybridized carbons (Fsp3) is 0.273. The predicted molar refractivity (Wildman–Crippen MR) is 57.9 cm³/mol. The summed E-state index contributed by atoms with van der Waals surface area (Å²) in [6.45, 7) is 1.79. The topological polar surface area (TPSA) is 52.6 Å². The molecule has 0 fully saturated rings. The van der Waals surface area contributed by atoms with Gasteiger partial charge in [-0.1, -0.05) is 23.7 Å². The lowest BCUT2D eigenvalue weighted by Crippen LogP contribution is -2.20. The highest BCUT2D eigenvalue weighted by molar-refractivity contribution is 6.30. The van der Waals surface area contributed by atoms with Crippen LogP contribution in [0.4, 0.5) is 0 Å².